The van der Waals surface area contributed by atoms with Gasteiger partial charge in [0.05, 0.1) is 38.3 Å². The molecule has 0 bridgehead atoms. The number of aliphatic hydroxyl groups is 2. The van der Waals surface area contributed by atoms with Gasteiger partial charge in [-0.3, -0.25) is 9.59 Å². The summed E-state index contributed by atoms with van der Waals surface area (Å²) in [6, 6.07) is 0. The maximum atomic E-state index is 12.9. The van der Waals surface area contributed by atoms with Crippen LogP contribution in [0.25, 0.3) is 0 Å². The minimum absolute atomic E-state index is 0.0239. The van der Waals surface area contributed by atoms with Gasteiger partial charge in [0.1, 0.15) is 13.2 Å². The zero-order valence-corrected chi connectivity index (χ0v) is 24.3. The lowest BCUT2D eigenvalue weighted by molar-refractivity contribution is -0.174. The standard InChI is InChI=1S/C27H44O14/c1-5-9-11-38-26(34)20(40-22(30)16-28)14-18(24(32)36-7-3)13-19(25(33)37-8-4)15-21(41-23(31)17-29)27(35)39-12-10-6-2/h18-21,28-29H,5-17H2,1-4H3. The number of hydrogen-bond acceptors (Lipinski definition) is 14. The number of esters is 6. The van der Waals surface area contributed by atoms with Crippen molar-refractivity contribution < 1.29 is 67.4 Å². The summed E-state index contributed by atoms with van der Waals surface area (Å²) in [5, 5.41) is 18.2. The highest BCUT2D eigenvalue weighted by atomic mass is 16.6. The number of carbonyl (C=O) groups is 6. The van der Waals surface area contributed by atoms with E-state index in [-0.39, 0.29) is 32.8 Å². The van der Waals surface area contributed by atoms with E-state index in [1.165, 1.54) is 13.8 Å². The largest absolute Gasteiger partial charge is 0.466 e. The number of carbonyl (C=O) groups excluding carboxylic acids is 6. The van der Waals surface area contributed by atoms with Crippen LogP contribution in [-0.4, -0.2) is 97.9 Å². The van der Waals surface area contributed by atoms with Crippen LogP contribution in [0.2, 0.25) is 0 Å². The Hall–Kier alpha value is -3.26. The van der Waals surface area contributed by atoms with Crippen LogP contribution in [0.4, 0.5) is 0 Å². The molecule has 0 aromatic carbocycles. The van der Waals surface area contributed by atoms with E-state index in [1.54, 1.807) is 0 Å². The third kappa shape index (κ3) is 15.9. The fourth-order valence-electron chi connectivity index (χ4n) is 3.55. The molecule has 0 heterocycles. The first-order valence-electron chi connectivity index (χ1n) is 13.8. The molecule has 236 valence electrons. The molecule has 0 rings (SSSR count). The van der Waals surface area contributed by atoms with Crippen molar-refractivity contribution in [3.8, 4) is 0 Å². The van der Waals surface area contributed by atoms with Crippen molar-refractivity contribution in [1.82, 2.24) is 0 Å². The number of rotatable bonds is 22. The van der Waals surface area contributed by atoms with E-state index in [9.17, 15) is 28.8 Å². The molecule has 0 aliphatic heterocycles. The number of aliphatic hydroxyl groups excluding tert-OH is 2. The third-order valence-corrected chi connectivity index (χ3v) is 5.62. The van der Waals surface area contributed by atoms with E-state index in [0.717, 1.165) is 0 Å². The van der Waals surface area contributed by atoms with Gasteiger partial charge in [0.2, 0.25) is 0 Å². The maximum absolute atomic E-state index is 12.9. The first kappa shape index (κ1) is 37.7. The van der Waals surface area contributed by atoms with Crippen molar-refractivity contribution in [1.29, 1.82) is 0 Å². The molecule has 0 saturated carbocycles. The molecule has 0 aromatic heterocycles. The van der Waals surface area contributed by atoms with Gasteiger partial charge in [0.15, 0.2) is 12.2 Å². The van der Waals surface area contributed by atoms with Gasteiger partial charge in [0.25, 0.3) is 0 Å². The van der Waals surface area contributed by atoms with Crippen molar-refractivity contribution in [2.75, 3.05) is 39.6 Å². The fourth-order valence-corrected chi connectivity index (χ4v) is 3.55. The Morgan fingerprint density at radius 2 is 0.902 bits per heavy atom. The monoisotopic (exact) mass is 592 g/mol. The average Bonchev–Trinajstić information content (AvgIpc) is 2.95. The van der Waals surface area contributed by atoms with Gasteiger partial charge in [-0.15, -0.1) is 0 Å². The first-order valence-corrected chi connectivity index (χ1v) is 13.8. The van der Waals surface area contributed by atoms with Gasteiger partial charge in [-0.05, 0) is 33.1 Å². The Labute approximate surface area is 239 Å². The molecular weight excluding hydrogens is 548 g/mol. The van der Waals surface area contributed by atoms with Crippen molar-refractivity contribution in [2.45, 2.75) is 84.8 Å². The van der Waals surface area contributed by atoms with E-state index in [2.05, 4.69) is 0 Å². The normalized spacial score (nSPS) is 13.6. The summed E-state index contributed by atoms with van der Waals surface area (Å²) in [4.78, 5) is 74.9. The van der Waals surface area contributed by atoms with Crippen LogP contribution in [0.3, 0.4) is 0 Å². The first-order chi connectivity index (χ1) is 19.6. The average molecular weight is 593 g/mol. The summed E-state index contributed by atoms with van der Waals surface area (Å²) in [7, 11) is 0. The van der Waals surface area contributed by atoms with E-state index in [0.29, 0.717) is 25.7 Å². The number of ether oxygens (including phenoxy) is 6. The minimum Gasteiger partial charge on any atom is -0.466 e. The summed E-state index contributed by atoms with van der Waals surface area (Å²) in [5.74, 6) is -8.41. The van der Waals surface area contributed by atoms with Gasteiger partial charge >= 0.3 is 35.8 Å². The molecule has 41 heavy (non-hydrogen) atoms. The summed E-state index contributed by atoms with van der Waals surface area (Å²) in [5.41, 5.74) is 0. The van der Waals surface area contributed by atoms with Crippen LogP contribution in [0, 0.1) is 11.8 Å². The smallest absolute Gasteiger partial charge is 0.347 e. The molecule has 0 spiro atoms. The highest BCUT2D eigenvalue weighted by Gasteiger charge is 2.38. The second-order valence-corrected chi connectivity index (χ2v) is 8.92. The summed E-state index contributed by atoms with van der Waals surface area (Å²) < 4.78 is 30.5. The molecule has 2 N–H and O–H groups in total. The van der Waals surface area contributed by atoms with Gasteiger partial charge in [0, 0.05) is 12.8 Å². The highest BCUT2D eigenvalue weighted by Crippen LogP contribution is 2.27. The Morgan fingerprint density at radius 1 is 0.537 bits per heavy atom. The topological polar surface area (TPSA) is 198 Å². The molecule has 0 radical (unpaired) electrons. The molecule has 0 aliphatic rings. The molecule has 0 fully saturated rings. The molecule has 14 heteroatoms. The van der Waals surface area contributed by atoms with Crippen LogP contribution < -0.4 is 0 Å². The quantitative estimate of drug-likeness (QED) is 0.103. The van der Waals surface area contributed by atoms with Gasteiger partial charge in [-0.25, -0.2) is 19.2 Å². The predicted molar refractivity (Wildman–Crippen MR) is 140 cm³/mol. The predicted octanol–water partition coefficient (Wildman–Crippen LogP) is 1.01. The summed E-state index contributed by atoms with van der Waals surface area (Å²) in [6.07, 6.45) is -2.09. The Kier molecular flexibility index (Phi) is 20.6. The van der Waals surface area contributed by atoms with Crippen molar-refractivity contribution in [3.05, 3.63) is 0 Å². The molecule has 4 atom stereocenters. The summed E-state index contributed by atoms with van der Waals surface area (Å²) >= 11 is 0. The molecule has 0 aliphatic carbocycles. The number of hydrogen-bond donors (Lipinski definition) is 2. The molecular formula is C27H44O14. The second kappa shape index (κ2) is 22.4. The molecule has 0 amide bonds. The molecule has 4 unspecified atom stereocenters. The van der Waals surface area contributed by atoms with Gasteiger partial charge in [-0.1, -0.05) is 26.7 Å². The highest BCUT2D eigenvalue weighted by molar-refractivity contribution is 5.83. The SMILES string of the molecule is CCCCOC(=O)C(CC(CC(CC(OC(=O)CO)C(=O)OCCCC)C(=O)OCC)C(=O)OCC)OC(=O)CO. The van der Waals surface area contributed by atoms with E-state index < -0.39 is 85.9 Å². The lowest BCUT2D eigenvalue weighted by Gasteiger charge is -2.26. The lowest BCUT2D eigenvalue weighted by atomic mass is 9.86. The van der Waals surface area contributed by atoms with E-state index >= 15 is 0 Å². The summed E-state index contributed by atoms with van der Waals surface area (Å²) in [6.45, 7) is 4.68. The maximum Gasteiger partial charge on any atom is 0.347 e. The van der Waals surface area contributed by atoms with Gasteiger partial charge < -0.3 is 38.6 Å². The molecule has 14 nitrogen and oxygen atoms in total. The zero-order valence-electron chi connectivity index (χ0n) is 24.3. The minimum atomic E-state index is -1.62. The fraction of sp³-hybridized carbons (Fsp3) is 0.778. The Bertz CT molecular complexity index is 761. The van der Waals surface area contributed by atoms with Crippen LogP contribution >= 0.6 is 0 Å². The second-order valence-electron chi connectivity index (χ2n) is 8.92. The zero-order chi connectivity index (χ0) is 31.2. The van der Waals surface area contributed by atoms with Crippen LogP contribution in [0.5, 0.6) is 0 Å². The van der Waals surface area contributed by atoms with E-state index in [4.69, 9.17) is 38.6 Å². The number of unbranched alkanes of at least 4 members (excludes halogenated alkanes) is 2. The van der Waals surface area contributed by atoms with Crippen molar-refractivity contribution in [3.63, 3.8) is 0 Å². The van der Waals surface area contributed by atoms with E-state index in [1.807, 2.05) is 13.8 Å². The lowest BCUT2D eigenvalue weighted by Crippen LogP contribution is -2.38. The Balaban J connectivity index is 6.21. The molecule has 0 saturated heterocycles. The van der Waals surface area contributed by atoms with Crippen LogP contribution in [0.1, 0.15) is 72.6 Å². The third-order valence-electron chi connectivity index (χ3n) is 5.62. The Morgan fingerprint density at radius 3 is 1.20 bits per heavy atom. The van der Waals surface area contributed by atoms with Crippen LogP contribution in [-0.2, 0) is 57.2 Å². The van der Waals surface area contributed by atoms with Crippen LogP contribution in [0.15, 0.2) is 0 Å². The van der Waals surface area contributed by atoms with Crippen molar-refractivity contribution in [2.24, 2.45) is 11.8 Å². The van der Waals surface area contributed by atoms with Gasteiger partial charge in [-0.2, -0.15) is 0 Å². The molecule has 0 aromatic rings. The van der Waals surface area contributed by atoms with Crippen molar-refractivity contribution >= 4 is 35.8 Å².